The minimum atomic E-state index is 0.375. The van der Waals surface area contributed by atoms with Gasteiger partial charge in [0.1, 0.15) is 5.82 Å². The number of aromatic nitrogens is 2. The van der Waals surface area contributed by atoms with Gasteiger partial charge in [-0.3, -0.25) is 9.80 Å². The van der Waals surface area contributed by atoms with Gasteiger partial charge in [-0.05, 0) is 26.7 Å². The fourth-order valence-electron chi connectivity index (χ4n) is 3.55. The van der Waals surface area contributed by atoms with Gasteiger partial charge in [-0.25, -0.2) is 4.98 Å². The topological polar surface area (TPSA) is 44.4 Å². The van der Waals surface area contributed by atoms with Crippen LogP contribution in [0.4, 0.5) is 0 Å². The Morgan fingerprint density at radius 3 is 2.55 bits per heavy atom. The zero-order chi connectivity index (χ0) is 13.9. The van der Waals surface area contributed by atoms with E-state index in [1.807, 2.05) is 12.4 Å². The number of ether oxygens (including phenoxy) is 1. The number of morpholine rings is 1. The Hall–Kier alpha value is -0.910. The Kier molecular flexibility index (Phi) is 4.38. The summed E-state index contributed by atoms with van der Waals surface area (Å²) in [6.45, 7) is 9.86. The third kappa shape index (κ3) is 3.40. The van der Waals surface area contributed by atoms with E-state index in [4.69, 9.17) is 4.74 Å². The van der Waals surface area contributed by atoms with Crippen LogP contribution in [-0.4, -0.2) is 64.2 Å². The van der Waals surface area contributed by atoms with E-state index in [-0.39, 0.29) is 0 Å². The normalized spacial score (nSPS) is 30.7. The van der Waals surface area contributed by atoms with Gasteiger partial charge in [0.05, 0.1) is 18.8 Å². The minimum absolute atomic E-state index is 0.375. The fraction of sp³-hybridized carbons (Fsp3) is 0.800. The highest BCUT2D eigenvalue weighted by Gasteiger charge is 2.30. The second kappa shape index (κ2) is 6.24. The first kappa shape index (κ1) is 14.0. The van der Waals surface area contributed by atoms with Gasteiger partial charge in [-0.1, -0.05) is 0 Å². The van der Waals surface area contributed by atoms with Gasteiger partial charge in [-0.2, -0.15) is 0 Å². The number of H-pyrrole nitrogens is 1. The molecule has 2 fully saturated rings. The highest BCUT2D eigenvalue weighted by atomic mass is 16.5. The van der Waals surface area contributed by atoms with Crippen LogP contribution in [-0.2, 0) is 11.3 Å². The summed E-state index contributed by atoms with van der Waals surface area (Å²) in [6, 6.07) is 0.733. The highest BCUT2D eigenvalue weighted by molar-refractivity contribution is 4.89. The van der Waals surface area contributed by atoms with Crippen LogP contribution in [0.3, 0.4) is 0 Å². The Morgan fingerprint density at radius 2 is 1.95 bits per heavy atom. The number of rotatable bonds is 3. The standard InChI is InChI=1S/C15H26N4O/c1-12-9-19(10-13(2)20-12)14-3-7-18(8-4-14)11-15-16-5-6-17-15/h5-6,12-14H,3-4,7-11H2,1-2H3,(H,16,17)/t12-,13+. The summed E-state index contributed by atoms with van der Waals surface area (Å²) in [5.41, 5.74) is 0. The number of likely N-dealkylation sites (tertiary alicyclic amines) is 1. The molecule has 3 heterocycles. The predicted octanol–water partition coefficient (Wildman–Crippen LogP) is 1.48. The van der Waals surface area contributed by atoms with E-state index >= 15 is 0 Å². The van der Waals surface area contributed by atoms with Crippen LogP contribution in [0.1, 0.15) is 32.5 Å². The first-order valence-corrected chi connectivity index (χ1v) is 7.81. The molecule has 2 atom stereocenters. The maximum Gasteiger partial charge on any atom is 0.120 e. The minimum Gasteiger partial charge on any atom is -0.373 e. The van der Waals surface area contributed by atoms with Crippen molar-refractivity contribution in [1.82, 2.24) is 19.8 Å². The number of aromatic amines is 1. The van der Waals surface area contributed by atoms with Gasteiger partial charge >= 0.3 is 0 Å². The zero-order valence-electron chi connectivity index (χ0n) is 12.6. The summed E-state index contributed by atoms with van der Waals surface area (Å²) in [7, 11) is 0. The monoisotopic (exact) mass is 278 g/mol. The van der Waals surface area contributed by atoms with Crippen LogP contribution in [0.2, 0.25) is 0 Å². The van der Waals surface area contributed by atoms with E-state index in [0.717, 1.165) is 31.5 Å². The number of hydrogen-bond donors (Lipinski definition) is 1. The number of nitrogens with one attached hydrogen (secondary N) is 1. The molecule has 112 valence electrons. The molecular formula is C15H26N4O. The van der Waals surface area contributed by atoms with Gasteiger partial charge in [0, 0.05) is 44.6 Å². The molecular weight excluding hydrogens is 252 g/mol. The van der Waals surface area contributed by atoms with Crippen molar-refractivity contribution in [3.8, 4) is 0 Å². The molecule has 0 radical (unpaired) electrons. The van der Waals surface area contributed by atoms with E-state index in [2.05, 4.69) is 33.6 Å². The van der Waals surface area contributed by atoms with E-state index in [9.17, 15) is 0 Å². The molecule has 5 nitrogen and oxygen atoms in total. The molecule has 0 aromatic carbocycles. The molecule has 0 unspecified atom stereocenters. The van der Waals surface area contributed by atoms with Gasteiger partial charge in [0.15, 0.2) is 0 Å². The van der Waals surface area contributed by atoms with Gasteiger partial charge in [-0.15, -0.1) is 0 Å². The maximum atomic E-state index is 5.83. The molecule has 0 bridgehead atoms. The van der Waals surface area contributed by atoms with E-state index in [1.165, 1.54) is 25.9 Å². The largest absolute Gasteiger partial charge is 0.373 e. The molecule has 20 heavy (non-hydrogen) atoms. The molecule has 1 N–H and O–H groups in total. The number of nitrogens with zero attached hydrogens (tertiary/aromatic N) is 3. The van der Waals surface area contributed by atoms with E-state index in [0.29, 0.717) is 12.2 Å². The predicted molar refractivity (Wildman–Crippen MR) is 78.5 cm³/mol. The number of piperidine rings is 1. The Labute approximate surface area is 121 Å². The van der Waals surface area contributed by atoms with E-state index in [1.54, 1.807) is 0 Å². The summed E-state index contributed by atoms with van der Waals surface area (Å²) in [5.74, 6) is 1.08. The summed E-state index contributed by atoms with van der Waals surface area (Å²) in [6.07, 6.45) is 7.01. The summed E-state index contributed by atoms with van der Waals surface area (Å²) in [5, 5.41) is 0. The Balaban J connectivity index is 1.48. The maximum absolute atomic E-state index is 5.83. The molecule has 3 rings (SSSR count). The molecule has 5 heteroatoms. The lowest BCUT2D eigenvalue weighted by Gasteiger charge is -2.43. The molecule has 2 aliphatic rings. The summed E-state index contributed by atoms with van der Waals surface area (Å²) in [4.78, 5) is 12.7. The Bertz CT molecular complexity index is 390. The third-order valence-corrected chi connectivity index (χ3v) is 4.45. The van der Waals surface area contributed by atoms with Crippen LogP contribution in [0, 0.1) is 0 Å². The average molecular weight is 278 g/mol. The quantitative estimate of drug-likeness (QED) is 0.909. The lowest BCUT2D eigenvalue weighted by atomic mass is 10.0. The third-order valence-electron chi connectivity index (χ3n) is 4.45. The smallest absolute Gasteiger partial charge is 0.120 e. The Morgan fingerprint density at radius 1 is 1.25 bits per heavy atom. The van der Waals surface area contributed by atoms with Crippen LogP contribution in [0.5, 0.6) is 0 Å². The summed E-state index contributed by atoms with van der Waals surface area (Å²) >= 11 is 0. The SMILES string of the molecule is C[C@@H]1CN(C2CCN(Cc3ncc[nH]3)CC2)C[C@H](C)O1. The second-order valence-electron chi connectivity index (χ2n) is 6.25. The number of imidazole rings is 1. The lowest BCUT2D eigenvalue weighted by molar-refractivity contribution is -0.0866. The molecule has 0 saturated carbocycles. The first-order valence-electron chi connectivity index (χ1n) is 7.81. The summed E-state index contributed by atoms with van der Waals surface area (Å²) < 4.78 is 5.83. The van der Waals surface area contributed by atoms with E-state index < -0.39 is 0 Å². The molecule has 2 saturated heterocycles. The van der Waals surface area contributed by atoms with Crippen molar-refractivity contribution in [1.29, 1.82) is 0 Å². The average Bonchev–Trinajstić information content (AvgIpc) is 2.91. The second-order valence-corrected chi connectivity index (χ2v) is 6.25. The van der Waals surface area contributed by atoms with Crippen LogP contribution >= 0.6 is 0 Å². The highest BCUT2D eigenvalue weighted by Crippen LogP contribution is 2.21. The van der Waals surface area contributed by atoms with Crippen molar-refractivity contribution < 1.29 is 4.74 Å². The van der Waals surface area contributed by atoms with Crippen molar-refractivity contribution in [3.05, 3.63) is 18.2 Å². The zero-order valence-corrected chi connectivity index (χ0v) is 12.6. The van der Waals surface area contributed by atoms with Crippen molar-refractivity contribution in [3.63, 3.8) is 0 Å². The van der Waals surface area contributed by atoms with Crippen LogP contribution in [0.15, 0.2) is 12.4 Å². The van der Waals surface area contributed by atoms with Crippen LogP contribution in [0.25, 0.3) is 0 Å². The molecule has 2 aliphatic heterocycles. The van der Waals surface area contributed by atoms with Gasteiger partial charge in [0.2, 0.25) is 0 Å². The molecule has 0 aliphatic carbocycles. The molecule has 0 spiro atoms. The van der Waals surface area contributed by atoms with Gasteiger partial charge < -0.3 is 9.72 Å². The fourth-order valence-corrected chi connectivity index (χ4v) is 3.55. The lowest BCUT2D eigenvalue weighted by Crippen LogP contribution is -2.53. The van der Waals surface area contributed by atoms with Crippen molar-refractivity contribution in [2.75, 3.05) is 26.2 Å². The molecule has 0 amide bonds. The van der Waals surface area contributed by atoms with Crippen molar-refractivity contribution in [2.24, 2.45) is 0 Å². The van der Waals surface area contributed by atoms with Crippen molar-refractivity contribution >= 4 is 0 Å². The first-order chi connectivity index (χ1) is 9.70. The van der Waals surface area contributed by atoms with Gasteiger partial charge in [0.25, 0.3) is 0 Å². The van der Waals surface area contributed by atoms with Crippen LogP contribution < -0.4 is 0 Å². The molecule has 1 aromatic rings. The molecule has 1 aromatic heterocycles. The van der Waals surface area contributed by atoms with Crippen molar-refractivity contribution in [2.45, 2.75) is 51.5 Å². The number of hydrogen-bond acceptors (Lipinski definition) is 4.